The van der Waals surface area contributed by atoms with Crippen LogP contribution in [0.4, 0.5) is 0 Å². The Morgan fingerprint density at radius 2 is 0.739 bits per heavy atom. The van der Waals surface area contributed by atoms with E-state index in [4.69, 9.17) is 0 Å². The van der Waals surface area contributed by atoms with Gasteiger partial charge in [0.25, 0.3) is 0 Å². The van der Waals surface area contributed by atoms with Gasteiger partial charge in [-0.3, -0.25) is 14.4 Å². The highest BCUT2D eigenvalue weighted by atomic mass is 16.4. The molecule has 0 heterocycles. The Labute approximate surface area is 283 Å². The number of hydrogen-bond donors (Lipinski definition) is 3. The van der Waals surface area contributed by atoms with Crippen LogP contribution >= 0.6 is 0 Å². The van der Waals surface area contributed by atoms with E-state index in [9.17, 15) is 29.7 Å². The van der Waals surface area contributed by atoms with Gasteiger partial charge in [0.15, 0.2) is 0 Å². The summed E-state index contributed by atoms with van der Waals surface area (Å²) < 4.78 is 0.261. The summed E-state index contributed by atoms with van der Waals surface area (Å²) in [4.78, 5) is 36.0. The molecule has 0 aliphatic rings. The largest absolute Gasteiger partial charge is 0.481 e. The van der Waals surface area contributed by atoms with Gasteiger partial charge in [0, 0.05) is 0 Å². The van der Waals surface area contributed by atoms with Gasteiger partial charge >= 0.3 is 17.9 Å². The van der Waals surface area contributed by atoms with Gasteiger partial charge in [-0.2, -0.15) is 0 Å². The minimum absolute atomic E-state index is 0.261. The summed E-state index contributed by atoms with van der Waals surface area (Å²) >= 11 is 0. The van der Waals surface area contributed by atoms with E-state index in [1.54, 1.807) is 0 Å². The molecule has 3 N–H and O–H groups in total. The first-order chi connectivity index (χ1) is 22.2. The predicted molar refractivity (Wildman–Crippen MR) is 191 cm³/mol. The van der Waals surface area contributed by atoms with Gasteiger partial charge in [0.2, 0.25) is 0 Å². The van der Waals surface area contributed by atoms with Crippen LogP contribution in [0.25, 0.3) is 0 Å². The molecule has 0 aliphatic heterocycles. The van der Waals surface area contributed by atoms with Crippen molar-refractivity contribution in [3.05, 3.63) is 12.2 Å². The second-order valence-corrected chi connectivity index (χ2v) is 14.0. The molecule has 0 spiro atoms. The number of hydrogen-bond acceptors (Lipinski definition) is 3. The number of carbonyl (C=O) groups is 3. The quantitative estimate of drug-likeness (QED) is 0.0362. The van der Waals surface area contributed by atoms with Crippen LogP contribution in [0.5, 0.6) is 0 Å². The van der Waals surface area contributed by atoms with Gasteiger partial charge in [-0.25, -0.2) is 0 Å². The molecular weight excluding hydrogens is 578 g/mol. The second kappa shape index (κ2) is 29.3. The molecular formula is C39H74NO6+. The fraction of sp³-hybridized carbons (Fsp3) is 0.872. The van der Waals surface area contributed by atoms with Gasteiger partial charge in [0.05, 0.1) is 26.2 Å². The molecule has 7 heteroatoms. The number of nitrogens with zero attached hydrogens (tertiary/aromatic N) is 1. The summed E-state index contributed by atoms with van der Waals surface area (Å²) in [6, 6.07) is 0. The fourth-order valence-corrected chi connectivity index (χ4v) is 6.80. The predicted octanol–water partition coefficient (Wildman–Crippen LogP) is 10.5. The summed E-state index contributed by atoms with van der Waals surface area (Å²) in [6.45, 7) is 9.27. The molecule has 3 atom stereocenters. The van der Waals surface area contributed by atoms with Gasteiger partial charge in [0.1, 0.15) is 17.8 Å². The van der Waals surface area contributed by atoms with Crippen LogP contribution in [0.3, 0.4) is 0 Å². The van der Waals surface area contributed by atoms with Gasteiger partial charge in [-0.1, -0.05) is 130 Å². The molecule has 0 rings (SSSR count). The zero-order chi connectivity index (χ0) is 34.5. The van der Waals surface area contributed by atoms with E-state index in [-0.39, 0.29) is 24.1 Å². The number of rotatable bonds is 34. The van der Waals surface area contributed by atoms with Crippen molar-refractivity contribution in [2.45, 2.75) is 175 Å². The van der Waals surface area contributed by atoms with E-state index in [1.807, 2.05) is 20.8 Å². The maximum absolute atomic E-state index is 12.0. The molecule has 0 bridgehead atoms. The summed E-state index contributed by atoms with van der Waals surface area (Å²) in [7, 11) is 0. The number of unbranched alkanes of at least 4 members (excludes halogenated alkanes) is 18. The number of carboxylic acids is 3. The van der Waals surface area contributed by atoms with Crippen LogP contribution in [0.1, 0.15) is 175 Å². The molecule has 0 aromatic carbocycles. The Morgan fingerprint density at radius 1 is 0.457 bits per heavy atom. The third-order valence-corrected chi connectivity index (χ3v) is 9.99. The average molecular weight is 653 g/mol. The van der Waals surface area contributed by atoms with E-state index in [0.717, 1.165) is 19.3 Å². The lowest BCUT2D eigenvalue weighted by atomic mass is 9.95. The van der Waals surface area contributed by atoms with Crippen LogP contribution in [-0.4, -0.2) is 63.9 Å². The van der Waals surface area contributed by atoms with E-state index < -0.39 is 35.7 Å². The van der Waals surface area contributed by atoms with Gasteiger partial charge < -0.3 is 19.8 Å². The molecule has 46 heavy (non-hydrogen) atoms. The maximum atomic E-state index is 12.0. The molecule has 0 fully saturated rings. The molecule has 0 saturated carbocycles. The molecule has 270 valence electrons. The average Bonchev–Trinajstić information content (AvgIpc) is 3.03. The lowest BCUT2D eigenvalue weighted by Crippen LogP contribution is -2.58. The van der Waals surface area contributed by atoms with Crippen LogP contribution < -0.4 is 0 Å². The molecule has 7 nitrogen and oxygen atoms in total. The number of quaternary nitrogens is 1. The number of aliphatic carboxylic acids is 3. The second-order valence-electron chi connectivity index (χ2n) is 14.0. The van der Waals surface area contributed by atoms with Crippen molar-refractivity contribution in [3.8, 4) is 0 Å². The first-order valence-electron chi connectivity index (χ1n) is 19.3. The smallest absolute Gasteiger partial charge is 0.312 e. The van der Waals surface area contributed by atoms with Gasteiger partial charge in [-0.15, -0.1) is 0 Å². The highest BCUT2D eigenvalue weighted by Gasteiger charge is 2.40. The van der Waals surface area contributed by atoms with Crippen LogP contribution in [0.2, 0.25) is 0 Å². The third kappa shape index (κ3) is 22.6. The van der Waals surface area contributed by atoms with E-state index in [1.165, 1.54) is 109 Å². The summed E-state index contributed by atoms with van der Waals surface area (Å²) in [5.41, 5.74) is 0. The first-order valence-corrected chi connectivity index (χ1v) is 19.3. The van der Waals surface area contributed by atoms with Crippen LogP contribution in [0.15, 0.2) is 12.2 Å². The third-order valence-electron chi connectivity index (χ3n) is 9.99. The number of allylic oxidation sites excluding steroid dienone is 2. The van der Waals surface area contributed by atoms with Crippen molar-refractivity contribution in [2.75, 3.05) is 26.2 Å². The summed E-state index contributed by atoms with van der Waals surface area (Å²) in [5, 5.41) is 29.5. The Hall–Kier alpha value is -1.89. The van der Waals surface area contributed by atoms with Crippen molar-refractivity contribution >= 4 is 17.9 Å². The normalized spacial score (nSPS) is 15.0. The monoisotopic (exact) mass is 653 g/mol. The highest BCUT2D eigenvalue weighted by molar-refractivity contribution is 5.71. The zero-order valence-electron chi connectivity index (χ0n) is 30.5. The Balaban J connectivity index is 4.42. The number of carboxylic acid groups (broad SMARTS) is 3. The SMILES string of the molecule is CCCCC/C=C/CCCCCCCCCCCCCCCCC[N+](CC(CC)C(=O)O)(CC(CC)C(=O)O)CC(CC)C(=O)O. The minimum Gasteiger partial charge on any atom is -0.481 e. The molecule has 0 aromatic heterocycles. The molecule has 0 amide bonds. The van der Waals surface area contributed by atoms with Crippen molar-refractivity contribution in [1.29, 1.82) is 0 Å². The Morgan fingerprint density at radius 3 is 1.02 bits per heavy atom. The van der Waals surface area contributed by atoms with E-state index >= 15 is 0 Å². The summed E-state index contributed by atoms with van der Waals surface area (Å²) in [6.07, 6.45) is 31.4. The first kappa shape index (κ1) is 44.1. The topological polar surface area (TPSA) is 112 Å². The molecule has 0 saturated heterocycles. The van der Waals surface area contributed by atoms with Crippen molar-refractivity contribution < 1.29 is 34.2 Å². The van der Waals surface area contributed by atoms with Crippen molar-refractivity contribution in [2.24, 2.45) is 17.8 Å². The lowest BCUT2D eigenvalue weighted by molar-refractivity contribution is -0.935. The molecule has 0 aromatic rings. The summed E-state index contributed by atoms with van der Waals surface area (Å²) in [5.74, 6) is -4.50. The Kier molecular flexibility index (Phi) is 28.1. The standard InChI is InChI=1S/C39H73NO6/c1-5-9-10-11-12-13-14-15-16-17-18-19-20-21-22-23-24-25-26-27-28-29-30-40(31-34(6-2)37(41)42,32-35(7-3)38(43)44)33-36(8-4)39(45)46/h12-13,34-36H,5-11,14-33H2,1-4H3,(H2-,41,42,43,44,45,46)/p+1/b13-12+. The van der Waals surface area contributed by atoms with Crippen LogP contribution in [0, 0.1) is 17.8 Å². The zero-order valence-corrected chi connectivity index (χ0v) is 30.5. The van der Waals surface area contributed by atoms with Gasteiger partial charge in [-0.05, 0) is 57.8 Å². The molecule has 3 unspecified atom stereocenters. The van der Waals surface area contributed by atoms with Crippen molar-refractivity contribution in [1.82, 2.24) is 0 Å². The lowest BCUT2D eigenvalue weighted by Gasteiger charge is -2.43. The van der Waals surface area contributed by atoms with Crippen molar-refractivity contribution in [3.63, 3.8) is 0 Å². The maximum Gasteiger partial charge on any atom is 0.312 e. The highest BCUT2D eigenvalue weighted by Crippen LogP contribution is 2.25. The Bertz CT molecular complexity index is 738. The fourth-order valence-electron chi connectivity index (χ4n) is 6.80. The molecule has 0 radical (unpaired) electrons. The van der Waals surface area contributed by atoms with Crippen LogP contribution in [-0.2, 0) is 14.4 Å². The molecule has 0 aliphatic carbocycles. The van der Waals surface area contributed by atoms with E-state index in [0.29, 0.717) is 25.8 Å². The minimum atomic E-state index is -0.885. The van der Waals surface area contributed by atoms with E-state index in [2.05, 4.69) is 19.1 Å².